The lowest BCUT2D eigenvalue weighted by Crippen LogP contribution is -2.47. The molecule has 2 saturated carbocycles. The van der Waals surface area contributed by atoms with Crippen molar-refractivity contribution in [1.29, 1.82) is 0 Å². The molecular formula is C72H105N7O15. The molecule has 8 atom stereocenters. The predicted molar refractivity (Wildman–Crippen MR) is 362 cm³/mol. The molecule has 5 aromatic rings. The summed E-state index contributed by atoms with van der Waals surface area (Å²) in [4.78, 5) is 35.4. The van der Waals surface area contributed by atoms with Crippen molar-refractivity contribution in [2.75, 3.05) is 94.2 Å². The van der Waals surface area contributed by atoms with Crippen molar-refractivity contribution in [2.45, 2.75) is 158 Å². The van der Waals surface area contributed by atoms with E-state index >= 15 is 0 Å². The number of hydrogen-bond acceptors (Lipinski definition) is 19. The molecule has 0 radical (unpaired) electrons. The van der Waals surface area contributed by atoms with Gasteiger partial charge in [0, 0.05) is 56.9 Å². The second kappa shape index (κ2) is 41.6. The summed E-state index contributed by atoms with van der Waals surface area (Å²) < 4.78 is 51.0. The average Bonchev–Trinajstić information content (AvgIpc) is 1.72. The summed E-state index contributed by atoms with van der Waals surface area (Å²) >= 11 is 0. The number of nitrogens with one attached hydrogen (secondary N) is 3. The maximum Gasteiger partial charge on any atom is 0.221 e. The minimum atomic E-state index is -0.644. The summed E-state index contributed by atoms with van der Waals surface area (Å²) in [5.41, 5.74) is 20.4. The minimum absolute atomic E-state index is 0.120. The summed E-state index contributed by atoms with van der Waals surface area (Å²) in [6, 6.07) is 34.8. The van der Waals surface area contributed by atoms with Crippen molar-refractivity contribution in [1.82, 2.24) is 20.9 Å². The Kier molecular flexibility index (Phi) is 33.5. The maximum absolute atomic E-state index is 11.0. The van der Waals surface area contributed by atoms with Crippen LogP contribution in [-0.4, -0.2) is 187 Å². The van der Waals surface area contributed by atoms with Crippen LogP contribution in [0.2, 0.25) is 0 Å². The van der Waals surface area contributed by atoms with E-state index in [1.54, 1.807) is 89.1 Å². The van der Waals surface area contributed by atoms with Crippen LogP contribution in [0.25, 0.3) is 0 Å². The van der Waals surface area contributed by atoms with Gasteiger partial charge in [-0.3, -0.25) is 19.3 Å². The molecule has 2 aliphatic carbocycles. The zero-order valence-corrected chi connectivity index (χ0v) is 56.0. The highest BCUT2D eigenvalue weighted by molar-refractivity contribution is 5.77. The number of primary amides is 3. The van der Waals surface area contributed by atoms with E-state index in [0.717, 1.165) is 110 Å². The SMILES string of the molecule is CC(C)NCC(O)COc1ccc(CC(N)=O)cc1.COc1ccc(CCO[C@@H]2CCCC[C@H]2N2CC[C@@H](NCC(O)COc3ccc(CC(N)=O)cc3)C2)cc1OC.COc1ccc(CCO[C@@H]2CCCC[C@H]2NCC(O)COc2ccc(CC(N)=O)cc2)cc1OC. The third-order valence-electron chi connectivity index (χ3n) is 16.7. The van der Waals surface area contributed by atoms with Crippen molar-refractivity contribution in [2.24, 2.45) is 17.2 Å². The molecule has 3 unspecified atom stereocenters. The molecule has 12 N–H and O–H groups in total. The number of amides is 3. The number of nitrogens with zero attached hydrogens (tertiary/aromatic N) is 1. The van der Waals surface area contributed by atoms with Gasteiger partial charge in [0.1, 0.15) is 55.4 Å². The van der Waals surface area contributed by atoms with Gasteiger partial charge in [0.2, 0.25) is 17.7 Å². The molecule has 1 saturated heterocycles. The molecule has 8 rings (SSSR count). The lowest BCUT2D eigenvalue weighted by atomic mass is 9.91. The van der Waals surface area contributed by atoms with E-state index in [9.17, 15) is 29.7 Å². The van der Waals surface area contributed by atoms with Gasteiger partial charge < -0.3 is 91.1 Å². The minimum Gasteiger partial charge on any atom is -0.493 e. The Balaban J connectivity index is 0.000000237. The average molecular weight is 1310 g/mol. The first-order chi connectivity index (χ1) is 45.4. The van der Waals surface area contributed by atoms with Crippen LogP contribution in [0.4, 0.5) is 0 Å². The molecule has 3 aliphatic rings. The van der Waals surface area contributed by atoms with E-state index in [0.29, 0.717) is 68.2 Å². The quantitative estimate of drug-likeness (QED) is 0.0227. The highest BCUT2D eigenvalue weighted by atomic mass is 16.5. The number of aliphatic hydroxyl groups is 3. The molecular weight excluding hydrogens is 1200 g/mol. The fourth-order valence-corrected chi connectivity index (χ4v) is 11.6. The first kappa shape index (κ1) is 75.8. The lowest BCUT2D eigenvalue weighted by Gasteiger charge is -2.38. The molecule has 518 valence electrons. The van der Waals surface area contributed by atoms with E-state index in [4.69, 9.17) is 59.8 Å². The number of benzene rings is 5. The fraction of sp³-hybridized carbons (Fsp3) is 0.542. The van der Waals surface area contributed by atoms with Gasteiger partial charge in [0.05, 0.1) is 73.1 Å². The number of aliphatic hydroxyl groups excluding tert-OH is 3. The zero-order valence-electron chi connectivity index (χ0n) is 56.0. The van der Waals surface area contributed by atoms with Crippen LogP contribution >= 0.6 is 0 Å². The summed E-state index contributed by atoms with van der Waals surface area (Å²) in [5, 5.41) is 40.7. The Morgan fingerprint density at radius 1 is 0.489 bits per heavy atom. The van der Waals surface area contributed by atoms with Crippen LogP contribution in [0, 0.1) is 0 Å². The first-order valence-electron chi connectivity index (χ1n) is 33.0. The smallest absolute Gasteiger partial charge is 0.221 e. The number of likely N-dealkylation sites (tertiary alicyclic amines) is 1. The number of nitrogens with two attached hydrogens (primary N) is 3. The standard InChI is InChI=1S/C31H45N3O6.C27H38N2O6.C14H22N2O3/c1-37-29-12-9-23(17-30(29)38-2)14-16-39-28-6-4-3-5-27(28)34-15-13-24(20-34)33-19-25(35)21-40-26-10-7-22(8-11-26)18-31(32)36;1-32-25-12-9-20(15-26(25)33-2)13-14-34-24-6-4-3-5-23(24)29-17-21(30)18-35-22-10-7-19(8-11-22)16-27(28)31;1-10(2)16-8-12(17)9-19-13-5-3-11(4-6-13)7-14(15)18/h7-12,17,24-25,27-28,33,35H,3-6,13-16,18-21H2,1-2H3,(H2,32,36);7-12,15,21,23-24,29-30H,3-6,13-14,16-18H2,1-2H3,(H2,28,31);3-6,10,12,16-17H,7-9H2,1-2H3,(H2,15,18)/t24-,25?,27-,28-;21?,23-,24-;/m11./s1. The Morgan fingerprint density at radius 3 is 1.32 bits per heavy atom. The maximum atomic E-state index is 11.0. The number of rotatable bonds is 37. The number of ether oxygens (including phenoxy) is 9. The molecule has 1 aliphatic heterocycles. The fourth-order valence-electron chi connectivity index (χ4n) is 11.6. The Morgan fingerprint density at radius 2 is 0.883 bits per heavy atom. The van der Waals surface area contributed by atoms with Gasteiger partial charge in [0.15, 0.2) is 23.0 Å². The van der Waals surface area contributed by atoms with Crippen LogP contribution in [0.15, 0.2) is 109 Å². The van der Waals surface area contributed by atoms with E-state index in [2.05, 4.69) is 26.9 Å². The second-order valence-electron chi connectivity index (χ2n) is 24.6. The number of carbonyl (C=O) groups excluding carboxylic acids is 3. The van der Waals surface area contributed by atoms with Crippen LogP contribution in [0.3, 0.4) is 0 Å². The van der Waals surface area contributed by atoms with E-state index in [-0.39, 0.29) is 75.1 Å². The first-order valence-corrected chi connectivity index (χ1v) is 33.0. The lowest BCUT2D eigenvalue weighted by molar-refractivity contribution is -0.118. The Labute approximate surface area is 555 Å². The van der Waals surface area contributed by atoms with Gasteiger partial charge in [-0.25, -0.2) is 0 Å². The van der Waals surface area contributed by atoms with Gasteiger partial charge in [-0.1, -0.05) is 88.1 Å². The molecule has 1 heterocycles. The Hall–Kier alpha value is -7.25. The highest BCUT2D eigenvalue weighted by Gasteiger charge is 2.35. The van der Waals surface area contributed by atoms with Gasteiger partial charge in [-0.05, 0) is 133 Å². The molecule has 3 fully saturated rings. The highest BCUT2D eigenvalue weighted by Crippen LogP contribution is 2.32. The van der Waals surface area contributed by atoms with E-state index in [1.165, 1.54) is 24.8 Å². The van der Waals surface area contributed by atoms with Crippen molar-refractivity contribution in [3.8, 4) is 40.2 Å². The van der Waals surface area contributed by atoms with Crippen LogP contribution in [-0.2, 0) is 56.0 Å². The normalized spacial score (nSPS) is 18.9. The van der Waals surface area contributed by atoms with Gasteiger partial charge in [-0.15, -0.1) is 0 Å². The summed E-state index contributed by atoms with van der Waals surface area (Å²) in [7, 11) is 6.58. The molecule has 0 spiro atoms. The van der Waals surface area contributed by atoms with Crippen LogP contribution < -0.4 is 66.3 Å². The summed E-state index contributed by atoms with van der Waals surface area (Å²) in [6.45, 7) is 9.38. The van der Waals surface area contributed by atoms with Gasteiger partial charge >= 0.3 is 0 Å². The van der Waals surface area contributed by atoms with E-state index < -0.39 is 18.3 Å². The molecule has 22 heteroatoms. The number of methoxy groups -OCH3 is 4. The molecule has 94 heavy (non-hydrogen) atoms. The van der Waals surface area contributed by atoms with Crippen molar-refractivity contribution in [3.05, 3.63) is 137 Å². The summed E-state index contributed by atoms with van der Waals surface area (Å²) in [5.74, 6) is 3.81. The molecule has 0 aromatic heterocycles. The van der Waals surface area contributed by atoms with Gasteiger partial charge in [-0.2, -0.15) is 0 Å². The van der Waals surface area contributed by atoms with Crippen molar-refractivity contribution in [3.63, 3.8) is 0 Å². The predicted octanol–water partition coefficient (Wildman–Crippen LogP) is 5.79. The number of hydrogen-bond donors (Lipinski definition) is 9. The third-order valence-corrected chi connectivity index (χ3v) is 16.7. The third kappa shape index (κ3) is 28.0. The van der Waals surface area contributed by atoms with E-state index in [1.807, 2.05) is 56.3 Å². The largest absolute Gasteiger partial charge is 0.493 e. The molecule has 22 nitrogen and oxygen atoms in total. The second-order valence-corrected chi connectivity index (χ2v) is 24.6. The monoisotopic (exact) mass is 1310 g/mol. The van der Waals surface area contributed by atoms with Crippen molar-refractivity contribution < 1.29 is 72.3 Å². The molecule has 3 amide bonds. The Bertz CT molecular complexity index is 2980. The number of carbonyl (C=O) groups is 3. The molecule has 5 aromatic carbocycles. The summed E-state index contributed by atoms with van der Waals surface area (Å²) in [6.07, 6.45) is 10.9. The van der Waals surface area contributed by atoms with Crippen molar-refractivity contribution >= 4 is 17.7 Å². The van der Waals surface area contributed by atoms with Crippen LogP contribution in [0.5, 0.6) is 40.2 Å². The zero-order chi connectivity index (χ0) is 67.6. The molecule has 0 bridgehead atoms. The van der Waals surface area contributed by atoms with Gasteiger partial charge in [0.25, 0.3) is 0 Å². The topological polar surface area (TPSA) is 312 Å². The van der Waals surface area contributed by atoms with Crippen LogP contribution in [0.1, 0.15) is 99.5 Å².